The van der Waals surface area contributed by atoms with Crippen LogP contribution in [0.25, 0.3) is 11.5 Å². The van der Waals surface area contributed by atoms with E-state index in [1.165, 1.54) is 12.8 Å². The maximum atomic E-state index is 5.96. The van der Waals surface area contributed by atoms with Crippen molar-refractivity contribution in [1.82, 2.24) is 4.98 Å². The summed E-state index contributed by atoms with van der Waals surface area (Å²) in [6.07, 6.45) is 6.01. The summed E-state index contributed by atoms with van der Waals surface area (Å²) in [5, 5.41) is 0. The van der Waals surface area contributed by atoms with Gasteiger partial charge in [0.1, 0.15) is 23.0 Å². The van der Waals surface area contributed by atoms with Crippen molar-refractivity contribution in [3.05, 3.63) is 60.5 Å². The highest BCUT2D eigenvalue weighted by molar-refractivity contribution is 5.55. The van der Waals surface area contributed by atoms with E-state index in [1.54, 1.807) is 6.20 Å². The molecule has 2 N–H and O–H groups in total. The fourth-order valence-electron chi connectivity index (χ4n) is 2.85. The molecule has 0 saturated heterocycles. The lowest BCUT2D eigenvalue weighted by atomic mass is 10.2. The van der Waals surface area contributed by atoms with Gasteiger partial charge in [-0.3, -0.25) is 0 Å². The van der Waals surface area contributed by atoms with E-state index in [4.69, 9.17) is 19.6 Å². The molecule has 5 nitrogen and oxygen atoms in total. The number of ether oxygens (including phenoxy) is 2. The molecule has 0 aliphatic heterocycles. The summed E-state index contributed by atoms with van der Waals surface area (Å²) in [5.41, 5.74) is 6.71. The lowest BCUT2D eigenvalue weighted by molar-refractivity contribution is 0.298. The van der Waals surface area contributed by atoms with Gasteiger partial charge in [0.15, 0.2) is 0 Å². The van der Waals surface area contributed by atoms with E-state index < -0.39 is 0 Å². The first-order chi connectivity index (χ1) is 13.7. The second-order valence-electron chi connectivity index (χ2n) is 7.50. The number of nitrogens with two attached hydrogens (primary N) is 1. The Labute approximate surface area is 165 Å². The van der Waals surface area contributed by atoms with E-state index in [9.17, 15) is 0 Å². The molecule has 1 aliphatic carbocycles. The maximum absolute atomic E-state index is 5.96. The zero-order chi connectivity index (χ0) is 19.3. The van der Waals surface area contributed by atoms with Crippen molar-refractivity contribution in [1.29, 1.82) is 0 Å². The van der Waals surface area contributed by atoms with Crippen molar-refractivity contribution in [2.75, 3.05) is 6.61 Å². The molecule has 0 bridgehead atoms. The minimum Gasteiger partial charge on any atom is -0.493 e. The molecule has 1 saturated carbocycles. The highest BCUT2D eigenvalue weighted by Crippen LogP contribution is 2.31. The quantitative estimate of drug-likeness (QED) is 0.554. The number of benzene rings is 2. The van der Waals surface area contributed by atoms with E-state index >= 15 is 0 Å². The normalized spacial score (nSPS) is 14.6. The summed E-state index contributed by atoms with van der Waals surface area (Å²) < 4.78 is 17.6. The van der Waals surface area contributed by atoms with Crippen molar-refractivity contribution in [2.45, 2.75) is 38.6 Å². The van der Waals surface area contributed by atoms with Crippen LogP contribution in [0.5, 0.6) is 17.2 Å². The van der Waals surface area contributed by atoms with Crippen molar-refractivity contribution in [3.8, 4) is 28.7 Å². The van der Waals surface area contributed by atoms with Gasteiger partial charge >= 0.3 is 0 Å². The summed E-state index contributed by atoms with van der Waals surface area (Å²) in [4.78, 5) is 4.36. The van der Waals surface area contributed by atoms with E-state index in [0.717, 1.165) is 53.9 Å². The van der Waals surface area contributed by atoms with Gasteiger partial charge in [-0.1, -0.05) is 6.07 Å². The van der Waals surface area contributed by atoms with Gasteiger partial charge in [0, 0.05) is 24.1 Å². The van der Waals surface area contributed by atoms with Crippen LogP contribution in [0.15, 0.2) is 59.1 Å². The Balaban J connectivity index is 1.37. The van der Waals surface area contributed by atoms with Crippen LogP contribution in [0, 0.1) is 5.92 Å². The van der Waals surface area contributed by atoms with Crippen LogP contribution in [0.4, 0.5) is 0 Å². The predicted molar refractivity (Wildman–Crippen MR) is 109 cm³/mol. The van der Waals surface area contributed by atoms with Gasteiger partial charge in [-0.05, 0) is 68.5 Å². The molecule has 1 heterocycles. The van der Waals surface area contributed by atoms with Gasteiger partial charge in [0.05, 0.1) is 12.8 Å². The van der Waals surface area contributed by atoms with Crippen LogP contribution in [-0.2, 0) is 6.42 Å². The summed E-state index contributed by atoms with van der Waals surface area (Å²) in [6.45, 7) is 2.78. The number of aromatic nitrogens is 1. The monoisotopic (exact) mass is 378 g/mol. The van der Waals surface area contributed by atoms with Crippen LogP contribution in [0.1, 0.15) is 31.9 Å². The number of hydrogen-bond acceptors (Lipinski definition) is 5. The molecular weight excluding hydrogens is 352 g/mol. The average Bonchev–Trinajstić information content (AvgIpc) is 3.41. The lowest BCUT2D eigenvalue weighted by Crippen LogP contribution is -2.15. The van der Waals surface area contributed by atoms with E-state index in [2.05, 4.69) is 4.98 Å². The van der Waals surface area contributed by atoms with E-state index in [-0.39, 0.29) is 6.04 Å². The smallest absolute Gasteiger partial charge is 0.226 e. The highest BCUT2D eigenvalue weighted by Gasteiger charge is 2.21. The largest absolute Gasteiger partial charge is 0.493 e. The van der Waals surface area contributed by atoms with Gasteiger partial charge in [0.2, 0.25) is 5.89 Å². The molecule has 1 aromatic heterocycles. The Kier molecular flexibility index (Phi) is 5.63. The molecule has 3 aromatic rings. The van der Waals surface area contributed by atoms with Gasteiger partial charge in [-0.2, -0.15) is 0 Å². The first kappa shape index (κ1) is 18.6. The summed E-state index contributed by atoms with van der Waals surface area (Å²) in [7, 11) is 0. The lowest BCUT2D eigenvalue weighted by Gasteiger charge is -2.09. The SMILES string of the molecule is CC(N)CCc1cnc(-c2ccc(Oc3cccc(OCC4CC4)c3)cc2)o1. The van der Waals surface area contributed by atoms with Crippen LogP contribution < -0.4 is 15.2 Å². The van der Waals surface area contributed by atoms with Crippen molar-refractivity contribution >= 4 is 0 Å². The molecule has 0 spiro atoms. The fraction of sp³-hybridized carbons (Fsp3) is 0.348. The Morgan fingerprint density at radius 1 is 1.11 bits per heavy atom. The van der Waals surface area contributed by atoms with Gasteiger partial charge in [0.25, 0.3) is 0 Å². The van der Waals surface area contributed by atoms with Crippen molar-refractivity contribution in [2.24, 2.45) is 11.7 Å². The predicted octanol–water partition coefficient (Wildman–Crippen LogP) is 5.20. The third-order valence-corrected chi connectivity index (χ3v) is 4.72. The minimum atomic E-state index is 0.155. The third-order valence-electron chi connectivity index (χ3n) is 4.72. The minimum absolute atomic E-state index is 0.155. The summed E-state index contributed by atoms with van der Waals surface area (Å²) >= 11 is 0. The van der Waals surface area contributed by atoms with E-state index in [0.29, 0.717) is 5.89 Å². The van der Waals surface area contributed by atoms with Crippen LogP contribution in [-0.4, -0.2) is 17.6 Å². The average molecular weight is 378 g/mol. The molecule has 28 heavy (non-hydrogen) atoms. The zero-order valence-electron chi connectivity index (χ0n) is 16.1. The molecular formula is C23H26N2O3. The fourth-order valence-corrected chi connectivity index (χ4v) is 2.85. The number of oxazole rings is 1. The van der Waals surface area contributed by atoms with Crippen molar-refractivity contribution in [3.63, 3.8) is 0 Å². The summed E-state index contributed by atoms with van der Waals surface area (Å²) in [5.74, 6) is 4.56. The number of rotatable bonds is 9. The number of hydrogen-bond donors (Lipinski definition) is 1. The zero-order valence-corrected chi connectivity index (χ0v) is 16.1. The summed E-state index contributed by atoms with van der Waals surface area (Å²) in [6, 6.07) is 15.6. The first-order valence-electron chi connectivity index (χ1n) is 9.87. The molecule has 1 fully saturated rings. The van der Waals surface area contributed by atoms with Crippen LogP contribution in [0.2, 0.25) is 0 Å². The second-order valence-corrected chi connectivity index (χ2v) is 7.50. The highest BCUT2D eigenvalue weighted by atomic mass is 16.5. The molecule has 1 aliphatic rings. The van der Waals surface area contributed by atoms with Gasteiger partial charge < -0.3 is 19.6 Å². The second kappa shape index (κ2) is 8.48. The van der Waals surface area contributed by atoms with Gasteiger partial charge in [-0.15, -0.1) is 0 Å². The first-order valence-corrected chi connectivity index (χ1v) is 9.87. The molecule has 5 heteroatoms. The molecule has 1 atom stereocenters. The molecule has 0 amide bonds. The number of nitrogens with zero attached hydrogens (tertiary/aromatic N) is 1. The molecule has 0 radical (unpaired) electrons. The molecule has 2 aromatic carbocycles. The van der Waals surface area contributed by atoms with Crippen LogP contribution in [0.3, 0.4) is 0 Å². The van der Waals surface area contributed by atoms with Gasteiger partial charge in [-0.25, -0.2) is 4.98 Å². The molecule has 146 valence electrons. The standard InChI is InChI=1S/C23H26N2O3/c1-16(24)5-10-22-14-25-23(28-22)18-8-11-19(12-9-18)27-21-4-2-3-20(13-21)26-15-17-6-7-17/h2-4,8-9,11-14,16-17H,5-7,10,15,24H2,1H3. The third kappa shape index (κ3) is 5.14. The Morgan fingerprint density at radius 2 is 1.89 bits per heavy atom. The number of aryl methyl sites for hydroxylation is 1. The molecule has 4 rings (SSSR count). The Morgan fingerprint density at radius 3 is 2.64 bits per heavy atom. The maximum Gasteiger partial charge on any atom is 0.226 e. The van der Waals surface area contributed by atoms with Crippen LogP contribution >= 0.6 is 0 Å². The topological polar surface area (TPSA) is 70.5 Å². The molecule has 1 unspecified atom stereocenters. The van der Waals surface area contributed by atoms with Crippen molar-refractivity contribution < 1.29 is 13.9 Å². The Bertz CT molecular complexity index is 898. The Hall–Kier alpha value is -2.79. The van der Waals surface area contributed by atoms with E-state index in [1.807, 2.05) is 55.5 Å².